The van der Waals surface area contributed by atoms with Crippen molar-refractivity contribution >= 4 is 34.5 Å². The van der Waals surface area contributed by atoms with E-state index in [4.69, 9.17) is 27.2 Å². The Morgan fingerprint density at radius 2 is 2.06 bits per heavy atom. The van der Waals surface area contributed by atoms with Crippen molar-refractivity contribution in [2.24, 2.45) is 5.92 Å². The number of anilines is 2. The predicted octanol–water partition coefficient (Wildman–Crippen LogP) is 4.45. The second kappa shape index (κ2) is 10.4. The van der Waals surface area contributed by atoms with Crippen LogP contribution >= 0.6 is 11.6 Å². The van der Waals surface area contributed by atoms with Gasteiger partial charge in [0.05, 0.1) is 35.1 Å². The third-order valence-corrected chi connectivity index (χ3v) is 6.40. The van der Waals surface area contributed by atoms with Gasteiger partial charge in [-0.1, -0.05) is 18.5 Å². The highest BCUT2D eigenvalue weighted by atomic mass is 35.5. The number of nitrogens with zero attached hydrogens (tertiary/aromatic N) is 5. The number of benzene rings is 1. The summed E-state index contributed by atoms with van der Waals surface area (Å²) in [7, 11) is 0. The third kappa shape index (κ3) is 5.26. The maximum absolute atomic E-state index is 15.0. The van der Waals surface area contributed by atoms with E-state index < -0.39 is 5.82 Å². The molecule has 2 saturated heterocycles. The van der Waals surface area contributed by atoms with Crippen LogP contribution < -0.4 is 10.6 Å². The number of halogens is 2. The molecule has 184 valence electrons. The number of aliphatic hydroxyl groups excluding tert-OH is 1. The molecule has 5 rings (SSSR count). The molecule has 2 unspecified atom stereocenters. The standard InChI is InChI=1S/C19H22ClFN6.C5H10O2/c1-10(2)27-15-7-12(16-13(20)8-23-18(22)24-16)6-14(21)17(15)25-19(27)26-5-4-11(3)9-26;6-5-2-1-3-7-4-5/h6-8,10-11H,4-5,9H2,1-3H3,(H2,22,23,24);5-6H,1-4H2. The smallest absolute Gasteiger partial charge is 0.220 e. The summed E-state index contributed by atoms with van der Waals surface area (Å²) >= 11 is 6.23. The summed E-state index contributed by atoms with van der Waals surface area (Å²) in [6, 6.07) is 3.41. The van der Waals surface area contributed by atoms with Gasteiger partial charge in [-0.15, -0.1) is 0 Å². The predicted molar refractivity (Wildman–Crippen MR) is 133 cm³/mol. The van der Waals surface area contributed by atoms with Crippen molar-refractivity contribution in [2.75, 3.05) is 36.9 Å². The second-order valence-electron chi connectivity index (χ2n) is 9.34. The van der Waals surface area contributed by atoms with Gasteiger partial charge in [-0.3, -0.25) is 0 Å². The number of aliphatic hydroxyl groups is 1. The van der Waals surface area contributed by atoms with Crippen molar-refractivity contribution in [1.29, 1.82) is 0 Å². The Morgan fingerprint density at radius 1 is 1.26 bits per heavy atom. The molecular formula is C24H32ClFN6O2. The van der Waals surface area contributed by atoms with E-state index >= 15 is 0 Å². The van der Waals surface area contributed by atoms with Gasteiger partial charge in [0.25, 0.3) is 0 Å². The number of ether oxygens (including phenoxy) is 1. The highest BCUT2D eigenvalue weighted by Crippen LogP contribution is 2.35. The van der Waals surface area contributed by atoms with E-state index in [1.54, 1.807) is 0 Å². The van der Waals surface area contributed by atoms with E-state index in [2.05, 4.69) is 45.2 Å². The van der Waals surface area contributed by atoms with E-state index in [1.807, 2.05) is 6.07 Å². The van der Waals surface area contributed by atoms with E-state index in [9.17, 15) is 4.39 Å². The molecule has 2 fully saturated rings. The van der Waals surface area contributed by atoms with Crippen LogP contribution in [0, 0.1) is 11.7 Å². The van der Waals surface area contributed by atoms with Gasteiger partial charge in [0.1, 0.15) is 5.52 Å². The topological polar surface area (TPSA) is 102 Å². The summed E-state index contributed by atoms with van der Waals surface area (Å²) in [4.78, 5) is 14.9. The van der Waals surface area contributed by atoms with Crippen LogP contribution in [0.4, 0.5) is 16.3 Å². The summed E-state index contributed by atoms with van der Waals surface area (Å²) in [5.74, 6) is 1.12. The van der Waals surface area contributed by atoms with E-state index in [0.29, 0.717) is 34.3 Å². The van der Waals surface area contributed by atoms with Crippen LogP contribution in [0.1, 0.15) is 46.1 Å². The maximum atomic E-state index is 15.0. The van der Waals surface area contributed by atoms with Gasteiger partial charge in [0.15, 0.2) is 5.82 Å². The zero-order chi connectivity index (χ0) is 24.4. The Bertz CT molecular complexity index is 1150. The minimum atomic E-state index is -0.399. The van der Waals surface area contributed by atoms with Crippen molar-refractivity contribution in [3.8, 4) is 11.3 Å². The molecule has 0 saturated carbocycles. The molecular weight excluding hydrogens is 459 g/mol. The number of rotatable bonds is 3. The first kappa shape index (κ1) is 24.6. The molecule has 0 aliphatic carbocycles. The quantitative estimate of drug-likeness (QED) is 0.559. The first-order valence-electron chi connectivity index (χ1n) is 11.7. The number of hydrogen-bond donors (Lipinski definition) is 2. The molecule has 10 heteroatoms. The Labute approximate surface area is 203 Å². The number of aromatic nitrogens is 4. The molecule has 2 aliphatic rings. The van der Waals surface area contributed by atoms with Gasteiger partial charge in [-0.25, -0.2) is 19.3 Å². The molecule has 4 heterocycles. The average Bonchev–Trinajstić information content (AvgIpc) is 3.40. The fourth-order valence-electron chi connectivity index (χ4n) is 4.43. The molecule has 0 amide bonds. The molecule has 34 heavy (non-hydrogen) atoms. The number of imidazole rings is 1. The van der Waals surface area contributed by atoms with Crippen LogP contribution in [0.2, 0.25) is 5.02 Å². The van der Waals surface area contributed by atoms with Crippen LogP contribution in [0.5, 0.6) is 0 Å². The Kier molecular flexibility index (Phi) is 7.54. The number of nitrogens with two attached hydrogens (primary N) is 1. The first-order valence-corrected chi connectivity index (χ1v) is 12.1. The highest BCUT2D eigenvalue weighted by Gasteiger charge is 2.26. The summed E-state index contributed by atoms with van der Waals surface area (Å²) in [6.07, 6.45) is 4.29. The normalized spacial score (nSPS) is 20.6. The summed E-state index contributed by atoms with van der Waals surface area (Å²) in [6.45, 7) is 9.60. The molecule has 3 aromatic rings. The minimum absolute atomic E-state index is 0.0963. The molecule has 2 aliphatic heterocycles. The summed E-state index contributed by atoms with van der Waals surface area (Å²) in [5, 5.41) is 9.11. The lowest BCUT2D eigenvalue weighted by Crippen LogP contribution is -2.23. The Morgan fingerprint density at radius 3 is 2.65 bits per heavy atom. The minimum Gasteiger partial charge on any atom is -0.391 e. The molecule has 0 radical (unpaired) electrons. The van der Waals surface area contributed by atoms with Gasteiger partial charge in [-0.05, 0) is 51.2 Å². The van der Waals surface area contributed by atoms with Gasteiger partial charge >= 0.3 is 0 Å². The van der Waals surface area contributed by atoms with Crippen LogP contribution in [-0.4, -0.2) is 57.0 Å². The Hall–Kier alpha value is -2.49. The molecule has 2 aromatic heterocycles. The van der Waals surface area contributed by atoms with Gasteiger partial charge in [0, 0.05) is 31.3 Å². The Balaban J connectivity index is 0.000000336. The fourth-order valence-corrected chi connectivity index (χ4v) is 4.63. The van der Waals surface area contributed by atoms with Crippen molar-refractivity contribution in [3.63, 3.8) is 0 Å². The van der Waals surface area contributed by atoms with E-state index in [1.165, 1.54) is 12.3 Å². The van der Waals surface area contributed by atoms with Crippen molar-refractivity contribution in [2.45, 2.75) is 52.2 Å². The lowest BCUT2D eigenvalue weighted by atomic mass is 10.1. The SMILES string of the molecule is CC1CCN(c2nc3c(F)cc(-c4nc(N)ncc4Cl)cc3n2C(C)C)C1.OC1CCCOC1. The van der Waals surface area contributed by atoms with E-state index in [-0.39, 0.29) is 18.1 Å². The molecule has 0 bridgehead atoms. The zero-order valence-electron chi connectivity index (χ0n) is 19.8. The van der Waals surface area contributed by atoms with Crippen LogP contribution in [0.15, 0.2) is 18.3 Å². The van der Waals surface area contributed by atoms with Gasteiger partial charge < -0.3 is 25.0 Å². The van der Waals surface area contributed by atoms with Gasteiger partial charge in [-0.2, -0.15) is 0 Å². The first-order chi connectivity index (χ1) is 16.2. The van der Waals surface area contributed by atoms with E-state index in [0.717, 1.165) is 50.4 Å². The molecule has 3 N–H and O–H groups in total. The highest BCUT2D eigenvalue weighted by molar-refractivity contribution is 6.33. The average molecular weight is 491 g/mol. The summed E-state index contributed by atoms with van der Waals surface area (Å²) in [5.41, 5.74) is 7.75. The van der Waals surface area contributed by atoms with Crippen molar-refractivity contribution in [3.05, 3.63) is 29.2 Å². The van der Waals surface area contributed by atoms with Crippen molar-refractivity contribution < 1.29 is 14.2 Å². The number of fused-ring (bicyclic) bond motifs is 1. The molecule has 2 atom stereocenters. The second-order valence-corrected chi connectivity index (χ2v) is 9.74. The third-order valence-electron chi connectivity index (χ3n) is 6.13. The van der Waals surface area contributed by atoms with Crippen LogP contribution in [0.3, 0.4) is 0 Å². The number of nitrogen functional groups attached to an aromatic ring is 1. The number of hydrogen-bond acceptors (Lipinski definition) is 7. The zero-order valence-corrected chi connectivity index (χ0v) is 20.6. The summed E-state index contributed by atoms with van der Waals surface area (Å²) < 4.78 is 22.0. The molecule has 1 aromatic carbocycles. The van der Waals surface area contributed by atoms with Crippen LogP contribution in [0.25, 0.3) is 22.3 Å². The monoisotopic (exact) mass is 490 g/mol. The fraction of sp³-hybridized carbons (Fsp3) is 0.542. The molecule has 0 spiro atoms. The van der Waals surface area contributed by atoms with Gasteiger partial charge in [0.2, 0.25) is 11.9 Å². The molecule has 8 nitrogen and oxygen atoms in total. The largest absolute Gasteiger partial charge is 0.391 e. The lowest BCUT2D eigenvalue weighted by Gasteiger charge is -2.21. The lowest BCUT2D eigenvalue weighted by molar-refractivity contribution is -0.00535. The van der Waals surface area contributed by atoms with Crippen molar-refractivity contribution in [1.82, 2.24) is 19.5 Å². The maximum Gasteiger partial charge on any atom is 0.220 e. The van der Waals surface area contributed by atoms with Crippen LogP contribution in [-0.2, 0) is 4.74 Å².